The summed E-state index contributed by atoms with van der Waals surface area (Å²) in [4.78, 5) is 12.9. The molecule has 2 saturated heterocycles. The third-order valence-corrected chi connectivity index (χ3v) is 4.07. The predicted molar refractivity (Wildman–Crippen MR) is 108 cm³/mol. The zero-order valence-electron chi connectivity index (χ0n) is 17.4. The molecule has 1 amide bonds. The van der Waals surface area contributed by atoms with Crippen LogP contribution in [0.4, 0.5) is 4.79 Å². The van der Waals surface area contributed by atoms with Crippen molar-refractivity contribution in [2.45, 2.75) is 52.1 Å². The van der Waals surface area contributed by atoms with E-state index >= 15 is 0 Å². The van der Waals surface area contributed by atoms with Gasteiger partial charge in [-0.2, -0.15) is 15.8 Å². The van der Waals surface area contributed by atoms with Crippen molar-refractivity contribution in [3.63, 3.8) is 0 Å². The molecule has 0 aromatic carbocycles. The largest absolute Gasteiger partial charge is 0.444 e. The third kappa shape index (κ3) is 10.1. The molecule has 1 aliphatic carbocycles. The number of amides is 1. The van der Waals surface area contributed by atoms with Crippen molar-refractivity contribution in [1.82, 2.24) is 4.90 Å². The van der Waals surface area contributed by atoms with Crippen LogP contribution < -0.4 is 0 Å². The van der Waals surface area contributed by atoms with Crippen LogP contribution in [0.15, 0.2) is 34.9 Å². The smallest absolute Gasteiger partial charge is 0.410 e. The van der Waals surface area contributed by atoms with Crippen LogP contribution in [-0.4, -0.2) is 42.9 Å². The summed E-state index contributed by atoms with van der Waals surface area (Å²) in [5.74, 6) is 0. The van der Waals surface area contributed by atoms with Crippen LogP contribution in [0.1, 0.15) is 46.5 Å². The molecule has 3 rings (SSSR count). The fourth-order valence-electron chi connectivity index (χ4n) is 2.54. The van der Waals surface area contributed by atoms with Crippen LogP contribution in [0.2, 0.25) is 0 Å². The Morgan fingerprint density at radius 3 is 1.79 bits per heavy atom. The van der Waals surface area contributed by atoms with Gasteiger partial charge in [0.25, 0.3) is 0 Å². The van der Waals surface area contributed by atoms with E-state index in [1.165, 1.54) is 30.6 Å². The average Bonchev–Trinajstić information content (AvgIpc) is 3.07. The van der Waals surface area contributed by atoms with Crippen molar-refractivity contribution < 1.29 is 14.3 Å². The van der Waals surface area contributed by atoms with E-state index in [1.54, 1.807) is 11.0 Å². The molecule has 3 aliphatic rings. The molecule has 0 bridgehead atoms. The number of likely N-dealkylation sites (tertiary alicyclic amines) is 1. The summed E-state index contributed by atoms with van der Waals surface area (Å²) in [5.41, 5.74) is 2.96. The fourth-order valence-corrected chi connectivity index (χ4v) is 2.54. The number of nitriles is 3. The van der Waals surface area contributed by atoms with E-state index in [0.29, 0.717) is 26.3 Å². The van der Waals surface area contributed by atoms with E-state index in [-0.39, 0.29) is 6.09 Å². The lowest BCUT2D eigenvalue weighted by Gasteiger charge is -2.34. The maximum atomic E-state index is 11.4. The Balaban J connectivity index is 0.000000237. The molecular formula is C22H28N4O3. The van der Waals surface area contributed by atoms with Crippen LogP contribution in [0.25, 0.3) is 0 Å². The molecule has 0 radical (unpaired) electrons. The SMILES string of the molecule is CC(C)(C)OC(=O)N1CC(=CC#N)C1.N#CC=C1CCCC1.N#CC=C1COC1. The van der Waals surface area contributed by atoms with Crippen LogP contribution in [0.5, 0.6) is 0 Å². The van der Waals surface area contributed by atoms with E-state index in [2.05, 4.69) is 0 Å². The van der Waals surface area contributed by atoms with Crippen molar-refractivity contribution in [2.24, 2.45) is 0 Å². The first kappa shape index (κ1) is 24.0. The van der Waals surface area contributed by atoms with Gasteiger partial charge in [0.1, 0.15) is 5.60 Å². The van der Waals surface area contributed by atoms with Crippen molar-refractivity contribution >= 4 is 6.09 Å². The molecule has 0 atom stereocenters. The molecule has 1 saturated carbocycles. The van der Waals surface area contributed by atoms with E-state index in [4.69, 9.17) is 25.3 Å². The summed E-state index contributed by atoms with van der Waals surface area (Å²) in [5, 5.41) is 24.6. The first-order chi connectivity index (χ1) is 13.8. The lowest BCUT2D eigenvalue weighted by Crippen LogP contribution is -2.46. The van der Waals surface area contributed by atoms with E-state index < -0.39 is 5.60 Å². The van der Waals surface area contributed by atoms with Gasteiger partial charge in [0, 0.05) is 31.3 Å². The molecule has 0 unspecified atom stereocenters. The third-order valence-electron chi connectivity index (χ3n) is 4.07. The van der Waals surface area contributed by atoms with Gasteiger partial charge in [-0.15, -0.1) is 0 Å². The molecule has 7 heteroatoms. The number of hydrogen-bond acceptors (Lipinski definition) is 6. The molecule has 0 aromatic rings. The summed E-state index contributed by atoms with van der Waals surface area (Å²) in [6.07, 6.45) is 9.27. The first-order valence-electron chi connectivity index (χ1n) is 9.57. The molecule has 7 nitrogen and oxygen atoms in total. The fraction of sp³-hybridized carbons (Fsp3) is 0.545. The Morgan fingerprint density at radius 1 is 0.931 bits per heavy atom. The lowest BCUT2D eigenvalue weighted by atomic mass is 10.1. The zero-order valence-corrected chi connectivity index (χ0v) is 17.4. The van der Waals surface area contributed by atoms with E-state index in [9.17, 15) is 4.79 Å². The van der Waals surface area contributed by atoms with E-state index in [1.807, 2.05) is 39.0 Å². The molecule has 154 valence electrons. The maximum absolute atomic E-state index is 11.4. The highest BCUT2D eigenvalue weighted by Crippen LogP contribution is 2.22. The number of allylic oxidation sites excluding steroid dienone is 4. The summed E-state index contributed by atoms with van der Waals surface area (Å²) in [6, 6.07) is 5.91. The van der Waals surface area contributed by atoms with Crippen LogP contribution in [-0.2, 0) is 9.47 Å². The zero-order chi connectivity index (χ0) is 21.7. The van der Waals surface area contributed by atoms with Gasteiger partial charge in [0.05, 0.1) is 31.4 Å². The van der Waals surface area contributed by atoms with Gasteiger partial charge in [-0.3, -0.25) is 0 Å². The molecular weight excluding hydrogens is 368 g/mol. The molecule has 0 N–H and O–H groups in total. The number of carbonyl (C=O) groups is 1. The Kier molecular flexibility index (Phi) is 10.2. The normalized spacial score (nSPS) is 16.7. The lowest BCUT2D eigenvalue weighted by molar-refractivity contribution is 0.0214. The number of ether oxygens (including phenoxy) is 2. The van der Waals surface area contributed by atoms with Crippen molar-refractivity contribution in [1.29, 1.82) is 15.8 Å². The monoisotopic (exact) mass is 396 g/mol. The second-order valence-electron chi connectivity index (χ2n) is 7.83. The molecule has 3 fully saturated rings. The van der Waals surface area contributed by atoms with Gasteiger partial charge >= 0.3 is 6.09 Å². The molecule has 29 heavy (non-hydrogen) atoms. The van der Waals surface area contributed by atoms with Crippen molar-refractivity contribution in [3.05, 3.63) is 34.9 Å². The Hall–Kier alpha value is -3.08. The Bertz CT molecular complexity index is 761. The average molecular weight is 396 g/mol. The molecule has 2 heterocycles. The summed E-state index contributed by atoms with van der Waals surface area (Å²) in [6.45, 7) is 7.84. The summed E-state index contributed by atoms with van der Waals surface area (Å²) >= 11 is 0. The van der Waals surface area contributed by atoms with Crippen molar-refractivity contribution in [3.8, 4) is 18.2 Å². The Labute approximate surface area is 173 Å². The highest BCUT2D eigenvalue weighted by molar-refractivity contribution is 5.70. The highest BCUT2D eigenvalue weighted by atomic mass is 16.6. The number of nitrogens with zero attached hydrogens (tertiary/aromatic N) is 4. The summed E-state index contributed by atoms with van der Waals surface area (Å²) in [7, 11) is 0. The minimum atomic E-state index is -0.453. The van der Waals surface area contributed by atoms with Gasteiger partial charge in [-0.25, -0.2) is 4.79 Å². The topological polar surface area (TPSA) is 110 Å². The Morgan fingerprint density at radius 2 is 1.41 bits per heavy atom. The maximum Gasteiger partial charge on any atom is 0.410 e. The number of hydrogen-bond donors (Lipinski definition) is 0. The molecule has 0 spiro atoms. The minimum Gasteiger partial charge on any atom is -0.444 e. The van der Waals surface area contributed by atoms with Crippen LogP contribution in [0.3, 0.4) is 0 Å². The second kappa shape index (κ2) is 12.4. The standard InChI is InChI=1S/C10H14N2O2.C7H9N.C5H5NO/c1-10(2,3)14-9(13)12-6-8(7-12)4-5-11;8-6-5-7-3-1-2-4-7;6-2-1-5-3-7-4-5/h4H,6-7H2,1-3H3;5H,1-4H2;1H,3-4H2. The van der Waals surface area contributed by atoms with Crippen molar-refractivity contribution in [2.75, 3.05) is 26.3 Å². The molecule has 2 aliphatic heterocycles. The van der Waals surface area contributed by atoms with Gasteiger partial charge < -0.3 is 14.4 Å². The van der Waals surface area contributed by atoms with Gasteiger partial charge in [0.15, 0.2) is 0 Å². The van der Waals surface area contributed by atoms with Gasteiger partial charge in [-0.05, 0) is 57.6 Å². The molecule has 0 aromatic heterocycles. The van der Waals surface area contributed by atoms with Gasteiger partial charge in [0.2, 0.25) is 0 Å². The quantitative estimate of drug-likeness (QED) is 0.568. The van der Waals surface area contributed by atoms with E-state index in [0.717, 1.165) is 24.0 Å². The number of rotatable bonds is 0. The second-order valence-corrected chi connectivity index (χ2v) is 7.83. The van der Waals surface area contributed by atoms with Crippen LogP contribution in [0, 0.1) is 34.0 Å². The number of carbonyl (C=O) groups excluding carboxylic acids is 1. The van der Waals surface area contributed by atoms with Gasteiger partial charge in [-0.1, -0.05) is 5.57 Å². The summed E-state index contributed by atoms with van der Waals surface area (Å²) < 4.78 is 9.91. The van der Waals surface area contributed by atoms with Crippen LogP contribution >= 0.6 is 0 Å². The minimum absolute atomic E-state index is 0.312. The first-order valence-corrected chi connectivity index (χ1v) is 9.57. The predicted octanol–water partition coefficient (Wildman–Crippen LogP) is 4.16. The highest BCUT2D eigenvalue weighted by Gasteiger charge is 2.29.